The maximum absolute atomic E-state index is 11.0. The number of nitrogens with zero attached hydrogens (tertiary/aromatic N) is 1. The van der Waals surface area contributed by atoms with E-state index in [9.17, 15) is 4.79 Å². The van der Waals surface area contributed by atoms with E-state index in [0.717, 1.165) is 3.57 Å². The lowest BCUT2D eigenvalue weighted by Gasteiger charge is -2.25. The maximum Gasteiger partial charge on any atom is 0.352 e. The van der Waals surface area contributed by atoms with Crippen molar-refractivity contribution >= 4 is 28.6 Å². The highest BCUT2D eigenvalue weighted by atomic mass is 127. The van der Waals surface area contributed by atoms with Crippen LogP contribution in [0.2, 0.25) is 0 Å². The second-order valence-electron chi connectivity index (χ2n) is 4.17. The van der Waals surface area contributed by atoms with E-state index in [1.165, 1.54) is 0 Å². The Kier molecular flexibility index (Phi) is 4.37. The van der Waals surface area contributed by atoms with Crippen molar-refractivity contribution in [2.75, 3.05) is 6.61 Å². The number of aromatic carboxylic acids is 1. The molecule has 1 heterocycles. The molecular weight excluding hydrogens is 321 g/mol. The van der Waals surface area contributed by atoms with E-state index in [1.807, 2.05) is 27.0 Å². The van der Waals surface area contributed by atoms with Crippen molar-refractivity contribution in [2.45, 2.75) is 32.9 Å². The van der Waals surface area contributed by atoms with Gasteiger partial charge in [-0.3, -0.25) is 0 Å². The van der Waals surface area contributed by atoms with Crippen LogP contribution in [0.5, 0.6) is 0 Å². The highest BCUT2D eigenvalue weighted by Gasteiger charge is 2.21. The van der Waals surface area contributed by atoms with Crippen LogP contribution in [0.25, 0.3) is 0 Å². The first kappa shape index (κ1) is 13.5. The third-order valence-electron chi connectivity index (χ3n) is 2.17. The van der Waals surface area contributed by atoms with Crippen molar-refractivity contribution < 1.29 is 14.6 Å². The quantitative estimate of drug-likeness (QED) is 0.841. The lowest BCUT2D eigenvalue weighted by Crippen LogP contribution is -2.31. The summed E-state index contributed by atoms with van der Waals surface area (Å²) in [4.78, 5) is 11.0. The summed E-state index contributed by atoms with van der Waals surface area (Å²) < 4.78 is 8.20. The molecule has 5 heteroatoms. The van der Waals surface area contributed by atoms with Gasteiger partial charge in [0.25, 0.3) is 0 Å². The van der Waals surface area contributed by atoms with Crippen molar-refractivity contribution in [1.82, 2.24) is 4.57 Å². The van der Waals surface area contributed by atoms with Gasteiger partial charge in [-0.2, -0.15) is 0 Å². The second-order valence-corrected chi connectivity index (χ2v) is 5.41. The monoisotopic (exact) mass is 337 g/mol. The fourth-order valence-electron chi connectivity index (χ4n) is 1.63. The summed E-state index contributed by atoms with van der Waals surface area (Å²) in [5, 5.41) is 9.04. The van der Waals surface area contributed by atoms with Crippen molar-refractivity contribution in [3.8, 4) is 0 Å². The van der Waals surface area contributed by atoms with Gasteiger partial charge in [-0.05, 0) is 49.4 Å². The molecule has 0 fully saturated rings. The van der Waals surface area contributed by atoms with Crippen molar-refractivity contribution in [3.05, 3.63) is 21.5 Å². The zero-order chi connectivity index (χ0) is 12.3. The molecule has 16 heavy (non-hydrogen) atoms. The van der Waals surface area contributed by atoms with Gasteiger partial charge in [-0.1, -0.05) is 0 Å². The third kappa shape index (κ3) is 3.48. The van der Waals surface area contributed by atoms with Gasteiger partial charge in [0.05, 0.1) is 12.1 Å². The summed E-state index contributed by atoms with van der Waals surface area (Å²) >= 11 is 2.11. The molecule has 0 aliphatic rings. The van der Waals surface area contributed by atoms with Crippen LogP contribution in [0.4, 0.5) is 0 Å². The first-order valence-electron chi connectivity index (χ1n) is 5.08. The van der Waals surface area contributed by atoms with E-state index < -0.39 is 5.97 Å². The summed E-state index contributed by atoms with van der Waals surface area (Å²) in [6, 6.07) is 1.66. The molecule has 0 unspecified atom stereocenters. The molecular formula is C11H16INO3. The molecule has 90 valence electrons. The molecule has 4 nitrogen and oxygen atoms in total. The SMILES string of the molecule is CCOC(C)(C)Cn1cc(I)cc1C(=O)O. The minimum atomic E-state index is -0.907. The summed E-state index contributed by atoms with van der Waals surface area (Å²) in [5.41, 5.74) is -0.0571. The van der Waals surface area contributed by atoms with Gasteiger partial charge in [-0.15, -0.1) is 0 Å². The second kappa shape index (κ2) is 5.18. The van der Waals surface area contributed by atoms with E-state index in [1.54, 1.807) is 10.6 Å². The third-order valence-corrected chi connectivity index (χ3v) is 2.76. The van der Waals surface area contributed by atoms with Crippen LogP contribution in [0, 0.1) is 3.57 Å². The zero-order valence-corrected chi connectivity index (χ0v) is 11.8. The standard InChI is InChI=1S/C11H16INO3/c1-4-16-11(2,3)7-13-6-8(12)5-9(13)10(14)15/h5-6H,4,7H2,1-3H3,(H,14,15). The Morgan fingerprint density at radius 2 is 2.25 bits per heavy atom. The molecule has 0 atom stereocenters. The Morgan fingerprint density at radius 1 is 1.62 bits per heavy atom. The van der Waals surface area contributed by atoms with E-state index in [2.05, 4.69) is 22.6 Å². The summed E-state index contributed by atoms with van der Waals surface area (Å²) in [5.74, 6) is -0.907. The van der Waals surface area contributed by atoms with E-state index in [0.29, 0.717) is 18.8 Å². The summed E-state index contributed by atoms with van der Waals surface area (Å²) in [6.07, 6.45) is 1.82. The number of halogens is 1. The van der Waals surface area contributed by atoms with Crippen molar-refractivity contribution in [2.24, 2.45) is 0 Å². The van der Waals surface area contributed by atoms with Gasteiger partial charge in [0, 0.05) is 16.4 Å². The highest BCUT2D eigenvalue weighted by molar-refractivity contribution is 14.1. The summed E-state index contributed by atoms with van der Waals surface area (Å²) in [6.45, 7) is 6.99. The number of carboxylic acid groups (broad SMARTS) is 1. The lowest BCUT2D eigenvalue weighted by molar-refractivity contribution is -0.0228. The Labute approximate surface area is 109 Å². The molecule has 0 saturated carbocycles. The van der Waals surface area contributed by atoms with Crippen LogP contribution in [0.3, 0.4) is 0 Å². The van der Waals surface area contributed by atoms with Crippen LogP contribution in [-0.2, 0) is 11.3 Å². The van der Waals surface area contributed by atoms with E-state index >= 15 is 0 Å². The Morgan fingerprint density at radius 3 is 2.75 bits per heavy atom. The largest absolute Gasteiger partial charge is 0.477 e. The molecule has 0 saturated heterocycles. The van der Waals surface area contributed by atoms with Crippen LogP contribution in [0.15, 0.2) is 12.3 Å². The zero-order valence-electron chi connectivity index (χ0n) is 9.66. The first-order chi connectivity index (χ1) is 7.35. The van der Waals surface area contributed by atoms with Gasteiger partial charge in [0.15, 0.2) is 0 Å². The first-order valence-corrected chi connectivity index (χ1v) is 6.16. The normalized spacial score (nSPS) is 11.8. The Bertz CT molecular complexity index is 385. The van der Waals surface area contributed by atoms with Gasteiger partial charge in [0.1, 0.15) is 5.69 Å². The fourth-order valence-corrected chi connectivity index (χ4v) is 2.26. The number of carboxylic acids is 1. The molecule has 1 aromatic rings. The van der Waals surface area contributed by atoms with Gasteiger partial charge >= 0.3 is 5.97 Å². The molecule has 1 rings (SSSR count). The fraction of sp³-hybridized carbons (Fsp3) is 0.545. The molecule has 0 aliphatic carbocycles. The van der Waals surface area contributed by atoms with E-state index in [4.69, 9.17) is 9.84 Å². The topological polar surface area (TPSA) is 51.5 Å². The highest BCUT2D eigenvalue weighted by Crippen LogP contribution is 2.17. The smallest absolute Gasteiger partial charge is 0.352 e. The molecule has 1 aromatic heterocycles. The Balaban J connectivity index is 2.92. The van der Waals surface area contributed by atoms with Gasteiger partial charge in [-0.25, -0.2) is 4.79 Å². The van der Waals surface area contributed by atoms with Gasteiger partial charge in [0.2, 0.25) is 0 Å². The average Bonchev–Trinajstić information content (AvgIpc) is 2.45. The predicted molar refractivity (Wildman–Crippen MR) is 69.8 cm³/mol. The van der Waals surface area contributed by atoms with Crippen LogP contribution in [0.1, 0.15) is 31.3 Å². The van der Waals surface area contributed by atoms with E-state index in [-0.39, 0.29) is 5.60 Å². The van der Waals surface area contributed by atoms with Crippen LogP contribution >= 0.6 is 22.6 Å². The number of ether oxygens (including phenoxy) is 1. The summed E-state index contributed by atoms with van der Waals surface area (Å²) in [7, 11) is 0. The maximum atomic E-state index is 11.0. The molecule has 0 bridgehead atoms. The van der Waals surface area contributed by atoms with Crippen molar-refractivity contribution in [1.29, 1.82) is 0 Å². The van der Waals surface area contributed by atoms with Crippen LogP contribution < -0.4 is 0 Å². The predicted octanol–water partition coefficient (Wildman–Crippen LogP) is 2.61. The molecule has 1 N–H and O–H groups in total. The van der Waals surface area contributed by atoms with Crippen LogP contribution in [-0.4, -0.2) is 27.9 Å². The average molecular weight is 337 g/mol. The number of hydrogen-bond acceptors (Lipinski definition) is 2. The molecule has 0 spiro atoms. The number of rotatable bonds is 5. The molecule has 0 radical (unpaired) electrons. The number of hydrogen-bond donors (Lipinski definition) is 1. The Hall–Kier alpha value is -0.560. The molecule has 0 amide bonds. The molecule has 0 aliphatic heterocycles. The van der Waals surface area contributed by atoms with Gasteiger partial charge < -0.3 is 14.4 Å². The number of aromatic nitrogens is 1. The minimum Gasteiger partial charge on any atom is -0.477 e. The minimum absolute atomic E-state index is 0.303. The molecule has 0 aromatic carbocycles. The number of carbonyl (C=O) groups is 1. The van der Waals surface area contributed by atoms with Crippen molar-refractivity contribution in [3.63, 3.8) is 0 Å². The lowest BCUT2D eigenvalue weighted by atomic mass is 10.1.